The summed E-state index contributed by atoms with van der Waals surface area (Å²) in [7, 11) is 0. The number of phenols is 1. The molecule has 0 saturated heterocycles. The summed E-state index contributed by atoms with van der Waals surface area (Å²) in [5.74, 6) is 1.48. The highest BCUT2D eigenvalue weighted by Gasteiger charge is 2.15. The molecule has 1 aromatic carbocycles. The number of benzene rings is 1. The van der Waals surface area contributed by atoms with Gasteiger partial charge in [-0.3, -0.25) is 4.79 Å². The van der Waals surface area contributed by atoms with Crippen LogP contribution in [0.4, 0.5) is 0 Å². The summed E-state index contributed by atoms with van der Waals surface area (Å²) >= 11 is 0. The Labute approximate surface area is 122 Å². The Hall–Kier alpha value is -1.51. The molecule has 0 amide bonds. The van der Waals surface area contributed by atoms with Gasteiger partial charge in [-0.05, 0) is 43.4 Å². The fraction of sp³-hybridized carbons (Fsp3) is 0.588. The Morgan fingerprint density at radius 3 is 2.40 bits per heavy atom. The average Bonchev–Trinajstić information content (AvgIpc) is 2.36. The molecular formula is C17H26O3. The van der Waals surface area contributed by atoms with Gasteiger partial charge in [-0.1, -0.05) is 20.8 Å². The topological polar surface area (TPSA) is 46.5 Å². The summed E-state index contributed by atoms with van der Waals surface area (Å²) in [5.41, 5.74) is 1.90. The number of phenolic OH excluding ortho intramolecular Hbond substituents is 1. The molecule has 0 aromatic heterocycles. The first-order chi connectivity index (χ1) is 9.35. The number of ether oxygens (including phenoxy) is 1. The van der Waals surface area contributed by atoms with Crippen molar-refractivity contribution >= 4 is 5.78 Å². The monoisotopic (exact) mass is 278 g/mol. The van der Waals surface area contributed by atoms with Gasteiger partial charge in [-0.2, -0.15) is 0 Å². The lowest BCUT2D eigenvalue weighted by molar-refractivity contribution is -0.118. The second-order valence-electron chi connectivity index (χ2n) is 5.73. The van der Waals surface area contributed by atoms with E-state index >= 15 is 0 Å². The zero-order valence-corrected chi connectivity index (χ0v) is 13.2. The molecule has 0 fully saturated rings. The van der Waals surface area contributed by atoms with Gasteiger partial charge in [-0.15, -0.1) is 0 Å². The second-order valence-corrected chi connectivity index (χ2v) is 5.73. The van der Waals surface area contributed by atoms with Crippen molar-refractivity contribution < 1.29 is 14.6 Å². The van der Waals surface area contributed by atoms with E-state index in [2.05, 4.69) is 13.8 Å². The molecule has 0 unspecified atom stereocenters. The van der Waals surface area contributed by atoms with Gasteiger partial charge in [0.25, 0.3) is 0 Å². The average molecular weight is 278 g/mol. The summed E-state index contributed by atoms with van der Waals surface area (Å²) in [5, 5.41) is 10.1. The highest BCUT2D eigenvalue weighted by molar-refractivity contribution is 5.78. The molecule has 0 heterocycles. The van der Waals surface area contributed by atoms with Crippen molar-refractivity contribution in [3.05, 3.63) is 23.3 Å². The van der Waals surface area contributed by atoms with Gasteiger partial charge in [-0.25, -0.2) is 0 Å². The minimum absolute atomic E-state index is 0.0689. The number of rotatable bonds is 7. The normalized spacial score (nSPS) is 11.2. The predicted octanol–water partition coefficient (Wildman–Crippen LogP) is 4.21. The Bertz CT molecular complexity index is 462. The van der Waals surface area contributed by atoms with Gasteiger partial charge in [0.1, 0.15) is 17.3 Å². The molecule has 0 saturated carbocycles. The molecule has 1 rings (SSSR count). The highest BCUT2D eigenvalue weighted by atomic mass is 16.5. The number of aryl methyl sites for hydroxylation is 1. The number of hydrogen-bond donors (Lipinski definition) is 1. The number of carbonyl (C=O) groups is 1. The van der Waals surface area contributed by atoms with Crippen molar-refractivity contribution in [2.75, 3.05) is 0 Å². The van der Waals surface area contributed by atoms with E-state index in [1.165, 1.54) is 0 Å². The van der Waals surface area contributed by atoms with Crippen LogP contribution in [-0.2, 0) is 11.2 Å². The lowest BCUT2D eigenvalue weighted by Crippen LogP contribution is -2.09. The molecule has 1 aromatic rings. The highest BCUT2D eigenvalue weighted by Crippen LogP contribution is 2.34. The van der Waals surface area contributed by atoms with Gasteiger partial charge < -0.3 is 9.84 Å². The van der Waals surface area contributed by atoms with Crippen LogP contribution in [-0.4, -0.2) is 17.0 Å². The van der Waals surface area contributed by atoms with Crippen LogP contribution in [0.1, 0.15) is 64.5 Å². The minimum Gasteiger partial charge on any atom is -0.508 e. The van der Waals surface area contributed by atoms with E-state index in [4.69, 9.17) is 4.74 Å². The van der Waals surface area contributed by atoms with Gasteiger partial charge >= 0.3 is 0 Å². The molecule has 0 aliphatic carbocycles. The summed E-state index contributed by atoms with van der Waals surface area (Å²) in [6, 6.07) is 3.65. The minimum atomic E-state index is 0.0689. The van der Waals surface area contributed by atoms with Gasteiger partial charge in [0.15, 0.2) is 0 Å². The second kappa shape index (κ2) is 7.32. The summed E-state index contributed by atoms with van der Waals surface area (Å²) < 4.78 is 5.76. The van der Waals surface area contributed by atoms with Gasteiger partial charge in [0.2, 0.25) is 0 Å². The Morgan fingerprint density at radius 2 is 1.90 bits per heavy atom. The van der Waals surface area contributed by atoms with E-state index in [-0.39, 0.29) is 17.6 Å². The molecule has 3 nitrogen and oxygen atoms in total. The molecule has 112 valence electrons. The Morgan fingerprint density at radius 1 is 1.25 bits per heavy atom. The van der Waals surface area contributed by atoms with Crippen LogP contribution >= 0.6 is 0 Å². The Kier molecular flexibility index (Phi) is 6.05. The molecule has 0 spiro atoms. The van der Waals surface area contributed by atoms with Crippen LogP contribution in [0, 0.1) is 0 Å². The number of ketones is 1. The fourth-order valence-electron chi connectivity index (χ4n) is 2.09. The van der Waals surface area contributed by atoms with Crippen LogP contribution in [0.3, 0.4) is 0 Å². The maximum absolute atomic E-state index is 11.4. The number of hydrogen-bond acceptors (Lipinski definition) is 3. The molecule has 0 atom stereocenters. The zero-order chi connectivity index (χ0) is 15.3. The molecule has 1 N–H and O–H groups in total. The number of Topliss-reactive ketones (excluding diaryl/α,β-unsaturated/α-hetero) is 1. The first-order valence-electron chi connectivity index (χ1n) is 7.39. The molecule has 20 heavy (non-hydrogen) atoms. The van der Waals surface area contributed by atoms with Crippen molar-refractivity contribution in [2.45, 2.75) is 65.9 Å². The van der Waals surface area contributed by atoms with Crippen LogP contribution < -0.4 is 4.74 Å². The molecular weight excluding hydrogens is 252 g/mol. The lowest BCUT2D eigenvalue weighted by Gasteiger charge is -2.18. The third kappa shape index (κ3) is 4.55. The van der Waals surface area contributed by atoms with E-state index in [0.29, 0.717) is 25.2 Å². The lowest BCUT2D eigenvalue weighted by atomic mass is 9.96. The summed E-state index contributed by atoms with van der Waals surface area (Å²) in [4.78, 5) is 11.4. The SMILES string of the molecule is CCC(=O)CCc1cc(C(C)C)c(OC(C)C)cc1O. The van der Waals surface area contributed by atoms with Crippen LogP contribution in [0.15, 0.2) is 12.1 Å². The van der Waals surface area contributed by atoms with Crippen molar-refractivity contribution in [3.8, 4) is 11.5 Å². The van der Waals surface area contributed by atoms with E-state index in [9.17, 15) is 9.90 Å². The first kappa shape index (κ1) is 16.5. The smallest absolute Gasteiger partial charge is 0.132 e. The van der Waals surface area contributed by atoms with Crippen molar-refractivity contribution in [1.82, 2.24) is 0 Å². The van der Waals surface area contributed by atoms with Crippen molar-refractivity contribution in [1.29, 1.82) is 0 Å². The van der Waals surface area contributed by atoms with E-state index in [1.54, 1.807) is 6.07 Å². The van der Waals surface area contributed by atoms with Crippen LogP contribution in [0.2, 0.25) is 0 Å². The summed E-state index contributed by atoms with van der Waals surface area (Å²) in [6.07, 6.45) is 1.68. The molecule has 3 heteroatoms. The van der Waals surface area contributed by atoms with E-state index in [1.807, 2.05) is 26.8 Å². The maximum Gasteiger partial charge on any atom is 0.132 e. The molecule has 0 aliphatic heterocycles. The fourth-order valence-corrected chi connectivity index (χ4v) is 2.09. The van der Waals surface area contributed by atoms with E-state index < -0.39 is 0 Å². The third-order valence-corrected chi connectivity index (χ3v) is 3.26. The number of aromatic hydroxyl groups is 1. The molecule has 0 radical (unpaired) electrons. The predicted molar refractivity (Wildman–Crippen MR) is 81.6 cm³/mol. The maximum atomic E-state index is 11.4. The van der Waals surface area contributed by atoms with Crippen LogP contribution in [0.25, 0.3) is 0 Å². The van der Waals surface area contributed by atoms with Gasteiger partial charge in [0, 0.05) is 18.9 Å². The van der Waals surface area contributed by atoms with Crippen molar-refractivity contribution in [3.63, 3.8) is 0 Å². The Balaban J connectivity index is 3.03. The van der Waals surface area contributed by atoms with Crippen LogP contribution in [0.5, 0.6) is 11.5 Å². The van der Waals surface area contributed by atoms with E-state index in [0.717, 1.165) is 16.9 Å². The third-order valence-electron chi connectivity index (χ3n) is 3.26. The quantitative estimate of drug-likeness (QED) is 0.812. The van der Waals surface area contributed by atoms with Gasteiger partial charge in [0.05, 0.1) is 6.10 Å². The molecule has 0 bridgehead atoms. The molecule has 0 aliphatic rings. The summed E-state index contributed by atoms with van der Waals surface area (Å²) in [6.45, 7) is 9.99. The standard InChI is InChI=1S/C17H26O3/c1-6-14(18)8-7-13-9-15(11(2)3)17(10-16(13)19)20-12(4)5/h9-12,19H,6-8H2,1-5H3. The largest absolute Gasteiger partial charge is 0.508 e. The first-order valence-corrected chi connectivity index (χ1v) is 7.39. The number of carbonyl (C=O) groups excluding carboxylic acids is 1. The van der Waals surface area contributed by atoms with Crippen molar-refractivity contribution in [2.24, 2.45) is 0 Å². The zero-order valence-electron chi connectivity index (χ0n) is 13.2.